The molecule has 3 N–H and O–H groups in total. The van der Waals surface area contributed by atoms with Gasteiger partial charge in [-0.1, -0.05) is 19.3 Å². The van der Waals surface area contributed by atoms with Crippen LogP contribution in [0.15, 0.2) is 0 Å². The molecule has 1 aliphatic rings. The van der Waals surface area contributed by atoms with E-state index in [1.165, 1.54) is 19.3 Å². The first kappa shape index (κ1) is 10.9. The van der Waals surface area contributed by atoms with Gasteiger partial charge in [0, 0.05) is 13.1 Å². The van der Waals surface area contributed by atoms with Gasteiger partial charge in [-0.3, -0.25) is 4.79 Å². The average Bonchev–Trinajstić information content (AvgIpc) is 2.75. The molecule has 1 aromatic rings. The van der Waals surface area contributed by atoms with E-state index in [0.29, 0.717) is 6.04 Å². The van der Waals surface area contributed by atoms with Crippen molar-refractivity contribution in [2.45, 2.75) is 38.1 Å². The molecule has 1 fully saturated rings. The Bertz CT molecular complexity index is 369. The third kappa shape index (κ3) is 2.00. The second kappa shape index (κ2) is 4.51. The van der Waals surface area contributed by atoms with Crippen LogP contribution in [0.25, 0.3) is 0 Å². The Hall–Kier alpha value is -1.59. The Kier molecular flexibility index (Phi) is 3.07. The van der Waals surface area contributed by atoms with Crippen LogP contribution in [-0.4, -0.2) is 39.3 Å². The molecule has 0 atom stereocenters. The third-order valence-electron chi connectivity index (χ3n) is 3.22. The molecular formula is C10H17N5O. The maximum absolute atomic E-state index is 12.0. The average molecular weight is 223 g/mol. The predicted octanol–water partition coefficient (Wildman–Crippen LogP) is 0.792. The van der Waals surface area contributed by atoms with Crippen molar-refractivity contribution in [2.75, 3.05) is 12.8 Å². The molecule has 0 spiro atoms. The zero-order valence-corrected chi connectivity index (χ0v) is 9.44. The van der Waals surface area contributed by atoms with Crippen molar-refractivity contribution in [2.24, 2.45) is 0 Å². The van der Waals surface area contributed by atoms with Gasteiger partial charge < -0.3 is 10.6 Å². The van der Waals surface area contributed by atoms with Gasteiger partial charge in [0.15, 0.2) is 11.5 Å². The summed E-state index contributed by atoms with van der Waals surface area (Å²) in [5.41, 5.74) is 5.79. The van der Waals surface area contributed by atoms with E-state index in [4.69, 9.17) is 5.73 Å². The Morgan fingerprint density at radius 1 is 1.38 bits per heavy atom. The van der Waals surface area contributed by atoms with Crippen LogP contribution < -0.4 is 5.73 Å². The number of nitrogens with zero attached hydrogens (tertiary/aromatic N) is 3. The van der Waals surface area contributed by atoms with Crippen molar-refractivity contribution < 1.29 is 4.79 Å². The van der Waals surface area contributed by atoms with Gasteiger partial charge >= 0.3 is 0 Å². The first-order valence-electron chi connectivity index (χ1n) is 5.63. The largest absolute Gasteiger partial charge is 0.380 e. The van der Waals surface area contributed by atoms with Crippen molar-refractivity contribution in [1.29, 1.82) is 0 Å². The number of aromatic nitrogens is 3. The molecule has 2 rings (SSSR count). The lowest BCUT2D eigenvalue weighted by atomic mass is 9.94. The van der Waals surface area contributed by atoms with Crippen molar-refractivity contribution in [3.63, 3.8) is 0 Å². The van der Waals surface area contributed by atoms with Crippen LogP contribution >= 0.6 is 0 Å². The van der Waals surface area contributed by atoms with Crippen LogP contribution in [-0.2, 0) is 0 Å². The molecule has 6 heteroatoms. The van der Waals surface area contributed by atoms with Crippen LogP contribution in [0.1, 0.15) is 42.6 Å². The lowest BCUT2D eigenvalue weighted by Gasteiger charge is -2.30. The molecule has 16 heavy (non-hydrogen) atoms. The maximum Gasteiger partial charge on any atom is 0.278 e. The first-order chi connectivity index (χ1) is 7.70. The number of nitrogen functional groups attached to an aromatic ring is 1. The van der Waals surface area contributed by atoms with Gasteiger partial charge in [-0.2, -0.15) is 5.21 Å². The fourth-order valence-electron chi connectivity index (χ4n) is 2.20. The van der Waals surface area contributed by atoms with Crippen LogP contribution in [0.3, 0.4) is 0 Å². The summed E-state index contributed by atoms with van der Waals surface area (Å²) < 4.78 is 0. The fourth-order valence-corrected chi connectivity index (χ4v) is 2.20. The summed E-state index contributed by atoms with van der Waals surface area (Å²) in [6.07, 6.45) is 5.79. The first-order valence-corrected chi connectivity index (χ1v) is 5.63. The smallest absolute Gasteiger partial charge is 0.278 e. The fraction of sp³-hybridized carbons (Fsp3) is 0.700. The van der Waals surface area contributed by atoms with Gasteiger partial charge in [0.1, 0.15) is 0 Å². The zero-order chi connectivity index (χ0) is 11.5. The van der Waals surface area contributed by atoms with Crippen molar-refractivity contribution >= 4 is 11.7 Å². The molecule has 0 aromatic carbocycles. The number of nitrogens with two attached hydrogens (primary N) is 1. The number of nitrogens with one attached hydrogen (secondary N) is 1. The maximum atomic E-state index is 12.0. The van der Waals surface area contributed by atoms with Gasteiger partial charge in [-0.15, -0.1) is 10.2 Å². The Labute approximate surface area is 94.2 Å². The highest BCUT2D eigenvalue weighted by Gasteiger charge is 2.25. The highest BCUT2D eigenvalue weighted by atomic mass is 16.2. The number of anilines is 1. The van der Waals surface area contributed by atoms with E-state index in [9.17, 15) is 4.79 Å². The monoisotopic (exact) mass is 223 g/mol. The minimum Gasteiger partial charge on any atom is -0.380 e. The molecule has 88 valence electrons. The van der Waals surface area contributed by atoms with Gasteiger partial charge in [0.25, 0.3) is 5.91 Å². The van der Waals surface area contributed by atoms with Crippen molar-refractivity contribution in [1.82, 2.24) is 20.3 Å². The molecule has 6 nitrogen and oxygen atoms in total. The van der Waals surface area contributed by atoms with Crippen LogP contribution in [0.4, 0.5) is 5.82 Å². The number of hydrogen-bond donors (Lipinski definition) is 2. The predicted molar refractivity (Wildman–Crippen MR) is 59.8 cm³/mol. The van der Waals surface area contributed by atoms with E-state index >= 15 is 0 Å². The van der Waals surface area contributed by atoms with Gasteiger partial charge in [-0.05, 0) is 12.8 Å². The SMILES string of the molecule is CN(C(=O)c1n[nH]nc1N)C1CCCCC1. The van der Waals surface area contributed by atoms with E-state index in [0.717, 1.165) is 12.8 Å². The van der Waals surface area contributed by atoms with E-state index in [-0.39, 0.29) is 17.4 Å². The summed E-state index contributed by atoms with van der Waals surface area (Å²) in [6, 6.07) is 0.317. The molecule has 1 amide bonds. The summed E-state index contributed by atoms with van der Waals surface area (Å²) in [4.78, 5) is 13.8. The highest BCUT2D eigenvalue weighted by Crippen LogP contribution is 2.23. The van der Waals surface area contributed by atoms with Crippen molar-refractivity contribution in [3.05, 3.63) is 5.69 Å². The highest BCUT2D eigenvalue weighted by molar-refractivity contribution is 5.96. The molecule has 1 aliphatic carbocycles. The van der Waals surface area contributed by atoms with Gasteiger partial charge in [0.2, 0.25) is 0 Å². The minimum absolute atomic E-state index is 0.141. The molecular weight excluding hydrogens is 206 g/mol. The van der Waals surface area contributed by atoms with Crippen LogP contribution in [0, 0.1) is 0 Å². The lowest BCUT2D eigenvalue weighted by molar-refractivity contribution is 0.0691. The van der Waals surface area contributed by atoms with E-state index < -0.39 is 0 Å². The summed E-state index contributed by atoms with van der Waals surface area (Å²) in [6.45, 7) is 0. The molecule has 1 aromatic heterocycles. The number of carbonyl (C=O) groups is 1. The lowest BCUT2D eigenvalue weighted by Crippen LogP contribution is -2.38. The normalized spacial score (nSPS) is 17.3. The third-order valence-corrected chi connectivity index (χ3v) is 3.22. The summed E-state index contributed by atoms with van der Waals surface area (Å²) >= 11 is 0. The number of hydrogen-bond acceptors (Lipinski definition) is 4. The number of H-pyrrole nitrogens is 1. The van der Waals surface area contributed by atoms with Gasteiger partial charge in [-0.25, -0.2) is 0 Å². The van der Waals surface area contributed by atoms with E-state index in [1.807, 2.05) is 7.05 Å². The van der Waals surface area contributed by atoms with E-state index in [2.05, 4.69) is 15.4 Å². The van der Waals surface area contributed by atoms with Crippen molar-refractivity contribution in [3.8, 4) is 0 Å². The molecule has 1 saturated carbocycles. The second-order valence-electron chi connectivity index (χ2n) is 4.27. The topological polar surface area (TPSA) is 87.9 Å². The standard InChI is InChI=1S/C10H17N5O/c1-15(7-5-3-2-4-6-7)10(16)8-9(11)13-14-12-8/h7H,2-6H2,1H3,(H3,11,12,13,14). The minimum atomic E-state index is -0.141. The Morgan fingerprint density at radius 3 is 2.62 bits per heavy atom. The number of carbonyl (C=O) groups excluding carboxylic acids is 1. The second-order valence-corrected chi connectivity index (χ2v) is 4.27. The molecule has 0 unspecified atom stereocenters. The molecule has 0 radical (unpaired) electrons. The van der Waals surface area contributed by atoms with Gasteiger partial charge in [0.05, 0.1) is 0 Å². The summed E-state index contributed by atoms with van der Waals surface area (Å²) in [7, 11) is 1.81. The number of aromatic amines is 1. The zero-order valence-electron chi connectivity index (χ0n) is 9.44. The Balaban J connectivity index is 2.06. The number of amides is 1. The molecule has 0 aliphatic heterocycles. The number of rotatable bonds is 2. The van der Waals surface area contributed by atoms with Crippen LogP contribution in [0.5, 0.6) is 0 Å². The Morgan fingerprint density at radius 2 is 2.06 bits per heavy atom. The van der Waals surface area contributed by atoms with E-state index in [1.54, 1.807) is 4.90 Å². The quantitative estimate of drug-likeness (QED) is 0.776. The van der Waals surface area contributed by atoms with Crippen LogP contribution in [0.2, 0.25) is 0 Å². The molecule has 1 heterocycles. The summed E-state index contributed by atoms with van der Waals surface area (Å²) in [5.74, 6) is 0.0332. The molecule has 0 saturated heterocycles. The molecule has 0 bridgehead atoms. The summed E-state index contributed by atoms with van der Waals surface area (Å²) in [5, 5.41) is 9.80.